The fourth-order valence-electron chi connectivity index (χ4n) is 7.41. The number of halogens is 17. The van der Waals surface area contributed by atoms with Crippen LogP contribution in [0.2, 0.25) is 0 Å². The lowest BCUT2D eigenvalue weighted by molar-refractivity contribution is -0.462. The van der Waals surface area contributed by atoms with Crippen LogP contribution in [0.25, 0.3) is 0 Å². The van der Waals surface area contributed by atoms with Gasteiger partial charge in [0.1, 0.15) is 0 Å². The van der Waals surface area contributed by atoms with Gasteiger partial charge in [-0.05, 0) is 54.9 Å². The van der Waals surface area contributed by atoms with E-state index in [0.717, 1.165) is 43.7 Å². The fourth-order valence-corrected chi connectivity index (χ4v) is 7.41. The molecule has 1 aromatic rings. The van der Waals surface area contributed by atoms with Gasteiger partial charge >= 0.3 is 47.6 Å². The van der Waals surface area contributed by atoms with Crippen molar-refractivity contribution in [2.45, 2.75) is 163 Å². The number of rotatable bonds is 17. The molecule has 0 amide bonds. The third-order valence-corrected chi connectivity index (χ3v) is 11.0. The number of alkyl halides is 17. The van der Waals surface area contributed by atoms with Crippen LogP contribution in [0, 0.1) is 17.8 Å². The minimum absolute atomic E-state index is 0.107. The summed E-state index contributed by atoms with van der Waals surface area (Å²) in [6.07, 6.45) is 9.16. The molecule has 0 unspecified atom stereocenters. The van der Waals surface area contributed by atoms with Crippen LogP contribution in [0.4, 0.5) is 74.6 Å². The molecule has 0 atom stereocenters. The summed E-state index contributed by atoms with van der Waals surface area (Å²) in [5, 5.41) is 0. The summed E-state index contributed by atoms with van der Waals surface area (Å²) in [6, 6.07) is 1.79. The molecule has 17 heteroatoms. The molecule has 302 valence electrons. The molecule has 0 aliphatic heterocycles. The molecule has 2 fully saturated rings. The summed E-state index contributed by atoms with van der Waals surface area (Å²) in [6.45, 7) is 2.18. The van der Waals surface area contributed by atoms with E-state index in [1.807, 2.05) is 0 Å². The second-order valence-electron chi connectivity index (χ2n) is 14.5. The van der Waals surface area contributed by atoms with Gasteiger partial charge in [0.2, 0.25) is 0 Å². The van der Waals surface area contributed by atoms with E-state index >= 15 is 0 Å². The van der Waals surface area contributed by atoms with Crippen molar-refractivity contribution in [3.8, 4) is 0 Å². The Morgan fingerprint density at radius 1 is 0.423 bits per heavy atom. The summed E-state index contributed by atoms with van der Waals surface area (Å²) >= 11 is 0. The fraction of sp³-hybridized carbons (Fsp3) is 0.829. The lowest BCUT2D eigenvalue weighted by Gasteiger charge is -2.42. The molecule has 52 heavy (non-hydrogen) atoms. The summed E-state index contributed by atoms with van der Waals surface area (Å²) in [4.78, 5) is 0. The largest absolute Gasteiger partial charge is 0.460 e. The van der Waals surface area contributed by atoms with E-state index in [-0.39, 0.29) is 23.6 Å². The molecule has 0 bridgehead atoms. The van der Waals surface area contributed by atoms with Gasteiger partial charge in [0.05, 0.1) is 0 Å². The van der Waals surface area contributed by atoms with Gasteiger partial charge in [0.25, 0.3) is 0 Å². The molecule has 0 N–H and O–H groups in total. The average Bonchev–Trinajstić information content (AvgIpc) is 3.07. The van der Waals surface area contributed by atoms with Crippen LogP contribution in [0.3, 0.4) is 0 Å². The van der Waals surface area contributed by atoms with Gasteiger partial charge in [0, 0.05) is 5.56 Å². The number of benzene rings is 1. The molecule has 2 aliphatic rings. The Balaban J connectivity index is 1.61. The van der Waals surface area contributed by atoms with E-state index in [1.165, 1.54) is 64.2 Å². The predicted octanol–water partition coefficient (Wildman–Crippen LogP) is 14.4. The Labute approximate surface area is 291 Å². The average molecular weight is 787 g/mol. The van der Waals surface area contributed by atoms with E-state index in [2.05, 4.69) is 6.92 Å². The van der Waals surface area contributed by atoms with Crippen molar-refractivity contribution in [1.82, 2.24) is 0 Å². The Bertz CT molecular complexity index is 1250. The van der Waals surface area contributed by atoms with Crippen LogP contribution in [0.1, 0.15) is 127 Å². The molecule has 3 rings (SSSR count). The molecule has 0 saturated heterocycles. The van der Waals surface area contributed by atoms with E-state index in [1.54, 1.807) is 0 Å². The zero-order chi connectivity index (χ0) is 39.6. The Hall–Kier alpha value is -1.97. The minimum atomic E-state index is -8.63. The van der Waals surface area contributed by atoms with Crippen molar-refractivity contribution < 1.29 is 74.6 Å². The highest BCUT2D eigenvalue weighted by Gasteiger charge is 2.95. The maximum Gasteiger partial charge on any atom is 0.460 e. The zero-order valence-electron chi connectivity index (χ0n) is 28.4. The zero-order valence-corrected chi connectivity index (χ0v) is 28.4. The van der Waals surface area contributed by atoms with Gasteiger partial charge < -0.3 is 0 Å². The summed E-state index contributed by atoms with van der Waals surface area (Å²) in [7, 11) is 0. The molecular formula is C35H43F17. The van der Waals surface area contributed by atoms with Gasteiger partial charge in [-0.15, -0.1) is 0 Å². The minimum Gasteiger partial charge on any atom is -0.194 e. The first-order chi connectivity index (χ1) is 23.7. The molecule has 0 spiro atoms. The van der Waals surface area contributed by atoms with Gasteiger partial charge in [0.15, 0.2) is 0 Å². The van der Waals surface area contributed by atoms with Gasteiger partial charge in [-0.25, -0.2) is 0 Å². The molecule has 2 saturated carbocycles. The van der Waals surface area contributed by atoms with E-state index in [4.69, 9.17) is 0 Å². The summed E-state index contributed by atoms with van der Waals surface area (Å²) in [5.41, 5.74) is -1.89. The van der Waals surface area contributed by atoms with Crippen molar-refractivity contribution in [2.75, 3.05) is 0 Å². The molecule has 0 nitrogen and oxygen atoms in total. The van der Waals surface area contributed by atoms with Crippen LogP contribution in [-0.2, 0) is 5.92 Å². The maximum absolute atomic E-state index is 14.7. The van der Waals surface area contributed by atoms with Crippen LogP contribution < -0.4 is 0 Å². The molecule has 2 aliphatic carbocycles. The third kappa shape index (κ3) is 8.32. The first-order valence-corrected chi connectivity index (χ1v) is 17.5. The SMILES string of the molecule is CCCCCCC[C@H]1CC[C@H](CC[C@H]2CC[C@H](c3ccc(C(F)(F)C(F)(F)C(F)(F)C(F)(F)C(F)(F)C(F)(F)C(F)(F)C(F)(F)F)cc3)CC2)CC1. The normalized spacial score (nSPS) is 23.6. The predicted molar refractivity (Wildman–Crippen MR) is 159 cm³/mol. The quantitative estimate of drug-likeness (QED) is 0.109. The van der Waals surface area contributed by atoms with Crippen molar-refractivity contribution in [3.05, 3.63) is 35.4 Å². The molecular weight excluding hydrogens is 743 g/mol. The highest BCUT2D eigenvalue weighted by Crippen LogP contribution is 2.65. The molecule has 0 radical (unpaired) electrons. The number of hydrogen-bond donors (Lipinski definition) is 0. The first kappa shape index (κ1) is 44.4. The van der Waals surface area contributed by atoms with Crippen LogP contribution in [-0.4, -0.2) is 41.7 Å². The first-order valence-electron chi connectivity index (χ1n) is 17.5. The lowest BCUT2D eigenvalue weighted by Crippen LogP contribution is -2.74. The van der Waals surface area contributed by atoms with E-state index in [9.17, 15) is 74.6 Å². The maximum atomic E-state index is 14.7. The van der Waals surface area contributed by atoms with Gasteiger partial charge in [-0.1, -0.05) is 108 Å². The smallest absolute Gasteiger partial charge is 0.194 e. The lowest BCUT2D eigenvalue weighted by atomic mass is 9.74. The topological polar surface area (TPSA) is 0 Å². The molecule has 0 heterocycles. The van der Waals surface area contributed by atoms with E-state index in [0.29, 0.717) is 24.7 Å². The van der Waals surface area contributed by atoms with Crippen LogP contribution in [0.15, 0.2) is 24.3 Å². The third-order valence-electron chi connectivity index (χ3n) is 11.0. The van der Waals surface area contributed by atoms with Crippen molar-refractivity contribution in [3.63, 3.8) is 0 Å². The van der Waals surface area contributed by atoms with Crippen molar-refractivity contribution in [2.24, 2.45) is 17.8 Å². The van der Waals surface area contributed by atoms with Crippen LogP contribution in [0.5, 0.6) is 0 Å². The van der Waals surface area contributed by atoms with Gasteiger partial charge in [-0.3, -0.25) is 0 Å². The highest BCUT2D eigenvalue weighted by molar-refractivity contribution is 5.31. The van der Waals surface area contributed by atoms with Crippen LogP contribution >= 0.6 is 0 Å². The highest BCUT2D eigenvalue weighted by atomic mass is 19.4. The van der Waals surface area contributed by atoms with Gasteiger partial charge in [-0.2, -0.15) is 74.6 Å². The number of unbranched alkanes of at least 4 members (excludes halogenated alkanes) is 4. The van der Waals surface area contributed by atoms with Crippen molar-refractivity contribution in [1.29, 1.82) is 0 Å². The Morgan fingerprint density at radius 2 is 0.788 bits per heavy atom. The second kappa shape index (κ2) is 16.0. The summed E-state index contributed by atoms with van der Waals surface area (Å²) in [5.74, 6) is -55.0. The second-order valence-corrected chi connectivity index (χ2v) is 14.5. The molecule has 1 aromatic carbocycles. The Kier molecular flexibility index (Phi) is 13.7. The van der Waals surface area contributed by atoms with E-state index < -0.39 is 53.2 Å². The monoisotopic (exact) mass is 786 g/mol. The standard InChI is InChI=1S/C35H43F17/c1-2-3-4-5-6-7-22-8-10-23(11-9-22)12-13-24-14-16-25(17-15-24)26-18-20-27(21-19-26)28(36,37)29(38,39)30(40,41)31(42,43)32(44,45)33(46,47)34(48,49)35(50,51)52/h18-25H,2-17H2,1H3/t22-,23-,24-,25-. The van der Waals surface area contributed by atoms with Crippen molar-refractivity contribution >= 4 is 0 Å². The molecule has 0 aromatic heterocycles. The summed E-state index contributed by atoms with van der Waals surface area (Å²) < 4.78 is 232. The Morgan fingerprint density at radius 3 is 1.21 bits per heavy atom. The number of hydrogen-bond acceptors (Lipinski definition) is 0.